The molecule has 0 saturated carbocycles. The highest BCUT2D eigenvalue weighted by Gasteiger charge is 2.08. The third-order valence-electron chi connectivity index (χ3n) is 2.59. The molecule has 2 aromatic rings. The van der Waals surface area contributed by atoms with E-state index in [4.69, 9.17) is 0 Å². The normalized spacial score (nSPS) is 10.4. The Morgan fingerprint density at radius 2 is 2.32 bits per heavy atom. The summed E-state index contributed by atoms with van der Waals surface area (Å²) in [7, 11) is 0. The molecule has 6 heteroatoms. The smallest absolute Gasteiger partial charge is 0.277 e. The number of benzene rings is 1. The minimum atomic E-state index is -0.271. The molecule has 0 fully saturated rings. The zero-order chi connectivity index (χ0) is 13.5. The summed E-state index contributed by atoms with van der Waals surface area (Å²) in [4.78, 5) is 11.8. The predicted octanol–water partition coefficient (Wildman–Crippen LogP) is 1.56. The number of hydrogen-bond acceptors (Lipinski definition) is 4. The third-order valence-corrected chi connectivity index (χ3v) is 2.59. The van der Waals surface area contributed by atoms with Gasteiger partial charge in [0.25, 0.3) is 5.91 Å². The van der Waals surface area contributed by atoms with E-state index < -0.39 is 0 Å². The molecule has 0 aliphatic heterocycles. The van der Waals surface area contributed by atoms with Gasteiger partial charge in [0.1, 0.15) is 0 Å². The van der Waals surface area contributed by atoms with Crippen LogP contribution in [0.2, 0.25) is 0 Å². The minimum Gasteiger partial charge on any atom is -0.321 e. The zero-order valence-corrected chi connectivity index (χ0v) is 10.8. The Morgan fingerprint density at radius 1 is 1.42 bits per heavy atom. The summed E-state index contributed by atoms with van der Waals surface area (Å²) < 4.78 is 0. The van der Waals surface area contributed by atoms with Crippen LogP contribution in [0.4, 0.5) is 5.69 Å². The summed E-state index contributed by atoms with van der Waals surface area (Å²) in [5.74, 6) is -0.271. The van der Waals surface area contributed by atoms with Crippen molar-refractivity contribution in [3.05, 3.63) is 41.7 Å². The van der Waals surface area contributed by atoms with Gasteiger partial charge in [0.2, 0.25) is 0 Å². The lowest BCUT2D eigenvalue weighted by Gasteiger charge is -2.07. The first kappa shape index (κ1) is 13.2. The second-order valence-corrected chi connectivity index (χ2v) is 4.19. The molecule has 3 N–H and O–H groups in total. The summed E-state index contributed by atoms with van der Waals surface area (Å²) in [5.41, 5.74) is 2.16. The van der Waals surface area contributed by atoms with Crippen molar-refractivity contribution in [3.63, 3.8) is 0 Å². The number of rotatable bonds is 6. The quantitative estimate of drug-likeness (QED) is 0.687. The molecule has 0 saturated heterocycles. The van der Waals surface area contributed by atoms with Crippen LogP contribution >= 0.6 is 0 Å². The van der Waals surface area contributed by atoms with Gasteiger partial charge < -0.3 is 10.6 Å². The lowest BCUT2D eigenvalue weighted by atomic mass is 10.2. The van der Waals surface area contributed by atoms with E-state index in [1.165, 1.54) is 6.20 Å². The van der Waals surface area contributed by atoms with Crippen LogP contribution in [-0.2, 0) is 6.54 Å². The van der Waals surface area contributed by atoms with Gasteiger partial charge in [0.05, 0.1) is 6.20 Å². The number of amides is 1. The second kappa shape index (κ2) is 6.65. The molecule has 0 atom stereocenters. The maximum atomic E-state index is 11.8. The molecule has 1 heterocycles. The maximum absolute atomic E-state index is 11.8. The van der Waals surface area contributed by atoms with Crippen molar-refractivity contribution in [2.24, 2.45) is 0 Å². The largest absolute Gasteiger partial charge is 0.321 e. The summed E-state index contributed by atoms with van der Waals surface area (Å²) in [6.45, 7) is 3.90. The Bertz CT molecular complexity index is 524. The van der Waals surface area contributed by atoms with E-state index in [0.29, 0.717) is 0 Å². The fraction of sp³-hybridized carbons (Fsp3) is 0.308. The van der Waals surface area contributed by atoms with E-state index >= 15 is 0 Å². The zero-order valence-electron chi connectivity index (χ0n) is 10.8. The molecule has 0 bridgehead atoms. The van der Waals surface area contributed by atoms with Crippen LogP contribution in [0, 0.1) is 0 Å². The molecule has 0 radical (unpaired) electrons. The van der Waals surface area contributed by atoms with Gasteiger partial charge in [-0.3, -0.25) is 4.79 Å². The Labute approximate surface area is 111 Å². The molecule has 1 aromatic carbocycles. The van der Waals surface area contributed by atoms with Crippen LogP contribution in [0.15, 0.2) is 30.5 Å². The van der Waals surface area contributed by atoms with Crippen molar-refractivity contribution >= 4 is 11.6 Å². The van der Waals surface area contributed by atoms with Gasteiger partial charge in [-0.1, -0.05) is 19.1 Å². The van der Waals surface area contributed by atoms with Crippen LogP contribution in [0.25, 0.3) is 0 Å². The molecule has 19 heavy (non-hydrogen) atoms. The number of H-pyrrole nitrogens is 1. The highest BCUT2D eigenvalue weighted by Crippen LogP contribution is 2.11. The van der Waals surface area contributed by atoms with Gasteiger partial charge in [0.15, 0.2) is 5.69 Å². The molecular weight excluding hydrogens is 242 g/mol. The average Bonchev–Trinajstić information content (AvgIpc) is 2.93. The van der Waals surface area contributed by atoms with E-state index in [-0.39, 0.29) is 11.6 Å². The molecule has 0 aliphatic rings. The van der Waals surface area contributed by atoms with Crippen molar-refractivity contribution in [2.45, 2.75) is 19.9 Å². The van der Waals surface area contributed by atoms with Crippen LogP contribution in [0.5, 0.6) is 0 Å². The minimum absolute atomic E-state index is 0.271. The monoisotopic (exact) mass is 259 g/mol. The van der Waals surface area contributed by atoms with Crippen LogP contribution in [0.3, 0.4) is 0 Å². The Kier molecular flexibility index (Phi) is 4.63. The van der Waals surface area contributed by atoms with E-state index in [2.05, 4.69) is 33.0 Å². The first-order valence-corrected chi connectivity index (χ1v) is 6.26. The average molecular weight is 259 g/mol. The molecular formula is C13H17N5O. The summed E-state index contributed by atoms with van der Waals surface area (Å²) >= 11 is 0. The Morgan fingerprint density at radius 3 is 3.05 bits per heavy atom. The van der Waals surface area contributed by atoms with Crippen LogP contribution < -0.4 is 10.6 Å². The molecule has 0 aliphatic carbocycles. The number of nitrogens with one attached hydrogen (secondary N) is 3. The van der Waals surface area contributed by atoms with Crippen molar-refractivity contribution in [3.8, 4) is 0 Å². The predicted molar refractivity (Wildman–Crippen MR) is 72.8 cm³/mol. The van der Waals surface area contributed by atoms with Crippen molar-refractivity contribution < 1.29 is 4.79 Å². The number of aromatic amines is 1. The van der Waals surface area contributed by atoms with Gasteiger partial charge in [-0.05, 0) is 30.7 Å². The van der Waals surface area contributed by atoms with E-state index in [1.807, 2.05) is 24.3 Å². The Hall–Kier alpha value is -2.21. The fourth-order valence-electron chi connectivity index (χ4n) is 1.67. The molecule has 1 amide bonds. The lowest BCUT2D eigenvalue weighted by molar-refractivity contribution is 0.102. The van der Waals surface area contributed by atoms with Gasteiger partial charge in [-0.2, -0.15) is 15.4 Å². The Balaban J connectivity index is 1.97. The number of hydrogen-bond donors (Lipinski definition) is 3. The molecule has 0 spiro atoms. The van der Waals surface area contributed by atoms with E-state index in [1.54, 1.807) is 0 Å². The maximum Gasteiger partial charge on any atom is 0.277 e. The van der Waals surface area contributed by atoms with Gasteiger partial charge in [-0.25, -0.2) is 0 Å². The number of carbonyl (C=O) groups excluding carboxylic acids is 1. The first-order valence-electron chi connectivity index (χ1n) is 6.26. The van der Waals surface area contributed by atoms with Gasteiger partial charge >= 0.3 is 0 Å². The van der Waals surface area contributed by atoms with Crippen molar-refractivity contribution in [1.29, 1.82) is 0 Å². The first-order chi connectivity index (χ1) is 9.29. The molecule has 0 unspecified atom stereocenters. The highest BCUT2D eigenvalue weighted by molar-refractivity contribution is 6.02. The van der Waals surface area contributed by atoms with Crippen LogP contribution in [0.1, 0.15) is 29.4 Å². The number of carbonyl (C=O) groups is 1. The number of aromatic nitrogens is 3. The summed E-state index contributed by atoms with van der Waals surface area (Å²) in [5, 5.41) is 15.9. The number of anilines is 1. The van der Waals surface area contributed by atoms with Gasteiger partial charge in [-0.15, -0.1) is 0 Å². The third kappa shape index (κ3) is 3.89. The molecule has 6 nitrogen and oxygen atoms in total. The topological polar surface area (TPSA) is 82.7 Å². The molecule has 100 valence electrons. The van der Waals surface area contributed by atoms with Crippen molar-refractivity contribution in [2.75, 3.05) is 11.9 Å². The molecule has 1 aromatic heterocycles. The molecule has 2 rings (SSSR count). The SMILES string of the molecule is CCCNCc1cccc(NC(=O)c2cn[nH]n2)c1. The standard InChI is InChI=1S/C13H17N5O/c1-2-6-14-8-10-4-3-5-11(7-10)16-13(19)12-9-15-18-17-12/h3-5,7,9,14H,2,6,8H2,1H3,(H,16,19)(H,15,17,18). The van der Waals surface area contributed by atoms with Crippen molar-refractivity contribution in [1.82, 2.24) is 20.7 Å². The second-order valence-electron chi connectivity index (χ2n) is 4.19. The van der Waals surface area contributed by atoms with E-state index in [9.17, 15) is 4.79 Å². The van der Waals surface area contributed by atoms with Gasteiger partial charge in [0, 0.05) is 12.2 Å². The highest BCUT2D eigenvalue weighted by atomic mass is 16.2. The lowest BCUT2D eigenvalue weighted by Crippen LogP contribution is -2.15. The number of nitrogens with zero attached hydrogens (tertiary/aromatic N) is 2. The summed E-state index contributed by atoms with van der Waals surface area (Å²) in [6.07, 6.45) is 2.49. The van der Waals surface area contributed by atoms with E-state index in [0.717, 1.165) is 30.8 Å². The van der Waals surface area contributed by atoms with Crippen LogP contribution in [-0.4, -0.2) is 27.9 Å². The fourth-order valence-corrected chi connectivity index (χ4v) is 1.67. The summed E-state index contributed by atoms with van der Waals surface area (Å²) in [6, 6.07) is 7.73.